The number of esters is 1. The van der Waals surface area contributed by atoms with E-state index in [0.717, 1.165) is 6.07 Å². The first-order chi connectivity index (χ1) is 9.01. The van der Waals surface area contributed by atoms with Crippen LogP contribution < -0.4 is 0 Å². The molecular weight excluding hydrogens is 291 g/mol. The molecule has 0 saturated carbocycles. The Hall–Kier alpha value is -1.79. The number of carbonyl (C=O) groups is 1. The Morgan fingerprint density at radius 3 is 2.84 bits per heavy atom. The molecule has 0 aliphatic rings. The summed E-state index contributed by atoms with van der Waals surface area (Å²) in [6.07, 6.45) is 0. The number of aromatic amines is 1. The summed E-state index contributed by atoms with van der Waals surface area (Å²) >= 11 is 10.8. The second-order valence-corrected chi connectivity index (χ2v) is 4.45. The van der Waals surface area contributed by atoms with E-state index in [-0.39, 0.29) is 10.7 Å². The number of carbonyl (C=O) groups excluding carboxylic acids is 1. The third kappa shape index (κ3) is 2.97. The van der Waals surface area contributed by atoms with Crippen LogP contribution in [0.3, 0.4) is 0 Å². The number of ether oxygens (including phenoxy) is 1. The highest BCUT2D eigenvalue weighted by atomic mass is 35.5. The van der Waals surface area contributed by atoms with E-state index in [1.807, 2.05) is 0 Å². The lowest BCUT2D eigenvalue weighted by Crippen LogP contribution is -2.02. The summed E-state index contributed by atoms with van der Waals surface area (Å²) in [5.74, 6) is -1.20. The van der Waals surface area contributed by atoms with E-state index in [0.29, 0.717) is 15.8 Å². The summed E-state index contributed by atoms with van der Waals surface area (Å²) in [7, 11) is 1.22. The van der Waals surface area contributed by atoms with Crippen LogP contribution in [0.1, 0.15) is 10.4 Å². The van der Waals surface area contributed by atoms with Crippen molar-refractivity contribution in [2.75, 3.05) is 7.11 Å². The number of benzene rings is 1. The molecule has 1 heterocycles. The van der Waals surface area contributed by atoms with E-state index < -0.39 is 11.8 Å². The van der Waals surface area contributed by atoms with Crippen molar-refractivity contribution < 1.29 is 13.9 Å². The van der Waals surface area contributed by atoms with E-state index in [2.05, 4.69) is 14.9 Å². The first-order valence-electron chi connectivity index (χ1n) is 5.16. The number of halogens is 2. The van der Waals surface area contributed by atoms with Crippen molar-refractivity contribution in [3.63, 3.8) is 0 Å². The van der Waals surface area contributed by atoms with Gasteiger partial charge in [0.15, 0.2) is 0 Å². The maximum absolute atomic E-state index is 13.5. The van der Waals surface area contributed by atoms with Crippen molar-refractivity contribution in [1.29, 1.82) is 0 Å². The molecule has 0 saturated heterocycles. The fourth-order valence-electron chi connectivity index (χ4n) is 1.58. The molecule has 98 valence electrons. The third-order valence-electron chi connectivity index (χ3n) is 2.40. The van der Waals surface area contributed by atoms with Crippen LogP contribution in [0.5, 0.6) is 0 Å². The predicted molar refractivity (Wildman–Crippen MR) is 71.2 cm³/mol. The van der Waals surface area contributed by atoms with Crippen molar-refractivity contribution in [1.82, 2.24) is 10.2 Å². The maximum Gasteiger partial charge on any atom is 0.337 e. The van der Waals surface area contributed by atoms with Gasteiger partial charge in [0, 0.05) is 5.56 Å². The molecule has 0 aliphatic heterocycles. The monoisotopic (exact) mass is 298 g/mol. The molecule has 2 rings (SSSR count). The van der Waals surface area contributed by atoms with Crippen LogP contribution in [-0.4, -0.2) is 23.3 Å². The zero-order chi connectivity index (χ0) is 14.0. The van der Waals surface area contributed by atoms with Gasteiger partial charge in [0.05, 0.1) is 12.7 Å². The average Bonchev–Trinajstić information content (AvgIpc) is 2.39. The van der Waals surface area contributed by atoms with Gasteiger partial charge >= 0.3 is 5.97 Å². The number of methoxy groups -OCH3 is 1. The van der Waals surface area contributed by atoms with Crippen molar-refractivity contribution in [2.24, 2.45) is 0 Å². The quantitative estimate of drug-likeness (QED) is 0.682. The fraction of sp³-hybridized carbons (Fsp3) is 0.0833. The highest BCUT2D eigenvalue weighted by Crippen LogP contribution is 2.24. The van der Waals surface area contributed by atoms with Gasteiger partial charge in [-0.05, 0) is 29.8 Å². The van der Waals surface area contributed by atoms with Crippen LogP contribution in [0, 0.1) is 10.5 Å². The molecule has 1 aromatic heterocycles. The number of nitrogens with one attached hydrogen (secondary N) is 1. The van der Waals surface area contributed by atoms with E-state index in [1.165, 1.54) is 25.3 Å². The standard InChI is InChI=1S/C12H8ClFN2O2S/c1-18-12(17)7-2-6(3-8(14)4-7)9-5-10(13)15-16-11(9)19/h2-5H,1H3,(H,16,19). The van der Waals surface area contributed by atoms with Crippen LogP contribution >= 0.6 is 23.8 Å². The first-order valence-corrected chi connectivity index (χ1v) is 5.94. The van der Waals surface area contributed by atoms with Crippen molar-refractivity contribution in [2.45, 2.75) is 0 Å². The van der Waals surface area contributed by atoms with Gasteiger partial charge in [0.2, 0.25) is 0 Å². The van der Waals surface area contributed by atoms with Gasteiger partial charge < -0.3 is 4.74 Å². The highest BCUT2D eigenvalue weighted by Gasteiger charge is 2.11. The zero-order valence-corrected chi connectivity index (χ0v) is 11.3. The highest BCUT2D eigenvalue weighted by molar-refractivity contribution is 7.71. The SMILES string of the molecule is COC(=O)c1cc(F)cc(-c2cc(Cl)n[nH]c2=S)c1. The van der Waals surface area contributed by atoms with Gasteiger partial charge in [-0.15, -0.1) is 0 Å². The minimum atomic E-state index is -0.629. The first kappa shape index (κ1) is 13.6. The molecule has 0 aliphatic carbocycles. The Balaban J connectivity index is 2.62. The molecule has 4 nitrogen and oxygen atoms in total. The molecule has 1 N–H and O–H groups in total. The summed E-state index contributed by atoms with van der Waals surface area (Å²) in [5.41, 5.74) is 1.01. The second-order valence-electron chi connectivity index (χ2n) is 3.65. The number of hydrogen-bond acceptors (Lipinski definition) is 4. The normalized spacial score (nSPS) is 10.3. The van der Waals surface area contributed by atoms with Gasteiger partial charge in [-0.1, -0.05) is 23.8 Å². The molecule has 7 heteroatoms. The third-order valence-corrected chi connectivity index (χ3v) is 2.91. The minimum absolute atomic E-state index is 0.0971. The summed E-state index contributed by atoms with van der Waals surface area (Å²) in [4.78, 5) is 11.4. The molecule has 0 amide bonds. The average molecular weight is 299 g/mol. The largest absolute Gasteiger partial charge is 0.465 e. The summed E-state index contributed by atoms with van der Waals surface area (Å²) in [6.45, 7) is 0. The van der Waals surface area contributed by atoms with E-state index in [1.54, 1.807) is 0 Å². The number of H-pyrrole nitrogens is 1. The lowest BCUT2D eigenvalue weighted by molar-refractivity contribution is 0.0600. The number of nitrogens with zero attached hydrogens (tertiary/aromatic N) is 1. The van der Waals surface area contributed by atoms with Crippen molar-refractivity contribution in [3.05, 3.63) is 45.4 Å². The van der Waals surface area contributed by atoms with Crippen LogP contribution in [0.15, 0.2) is 24.3 Å². The van der Waals surface area contributed by atoms with Crippen LogP contribution in [0.2, 0.25) is 5.15 Å². The predicted octanol–water partition coefficient (Wildman–Crippen LogP) is 3.39. The van der Waals surface area contributed by atoms with E-state index in [9.17, 15) is 9.18 Å². The number of hydrogen-bond donors (Lipinski definition) is 1. The van der Waals surface area contributed by atoms with Crippen LogP contribution in [-0.2, 0) is 4.74 Å². The Bertz CT molecular complexity index is 702. The molecule has 2 aromatic rings. The molecular formula is C12H8ClFN2O2S. The summed E-state index contributed by atoms with van der Waals surface area (Å²) in [6, 6.07) is 5.31. The Labute approximate surface area is 118 Å². The number of aromatic nitrogens is 2. The van der Waals surface area contributed by atoms with E-state index >= 15 is 0 Å². The Kier molecular flexibility index (Phi) is 3.92. The number of rotatable bonds is 2. The lowest BCUT2D eigenvalue weighted by atomic mass is 10.0. The fourth-order valence-corrected chi connectivity index (χ4v) is 1.95. The van der Waals surface area contributed by atoms with Crippen molar-refractivity contribution in [3.8, 4) is 11.1 Å². The minimum Gasteiger partial charge on any atom is -0.465 e. The molecule has 0 radical (unpaired) electrons. The van der Waals surface area contributed by atoms with Crippen LogP contribution in [0.4, 0.5) is 4.39 Å². The molecule has 19 heavy (non-hydrogen) atoms. The molecule has 1 aromatic carbocycles. The van der Waals surface area contributed by atoms with Gasteiger partial charge in [0.1, 0.15) is 15.6 Å². The summed E-state index contributed by atoms with van der Waals surface area (Å²) < 4.78 is 18.4. The van der Waals surface area contributed by atoms with Gasteiger partial charge in [0.25, 0.3) is 0 Å². The molecule has 0 atom stereocenters. The van der Waals surface area contributed by atoms with E-state index in [4.69, 9.17) is 23.8 Å². The van der Waals surface area contributed by atoms with Crippen molar-refractivity contribution >= 4 is 29.8 Å². The van der Waals surface area contributed by atoms with Gasteiger partial charge in [-0.25, -0.2) is 9.18 Å². The zero-order valence-electron chi connectivity index (χ0n) is 9.74. The Morgan fingerprint density at radius 2 is 2.16 bits per heavy atom. The van der Waals surface area contributed by atoms with Gasteiger partial charge in [-0.2, -0.15) is 5.10 Å². The molecule has 0 spiro atoms. The summed E-state index contributed by atoms with van der Waals surface area (Å²) in [5, 5.41) is 6.44. The lowest BCUT2D eigenvalue weighted by Gasteiger charge is -2.05. The maximum atomic E-state index is 13.5. The van der Waals surface area contributed by atoms with Gasteiger partial charge in [-0.3, -0.25) is 5.10 Å². The van der Waals surface area contributed by atoms with Crippen LogP contribution in [0.25, 0.3) is 11.1 Å². The second kappa shape index (κ2) is 5.46. The molecule has 0 unspecified atom stereocenters. The smallest absolute Gasteiger partial charge is 0.337 e. The molecule has 0 bridgehead atoms. The Morgan fingerprint density at radius 1 is 1.42 bits per heavy atom. The topological polar surface area (TPSA) is 55.0 Å². The molecule has 0 fully saturated rings.